The molecular weight excluding hydrogens is 410 g/mol. The van der Waals surface area contributed by atoms with E-state index in [2.05, 4.69) is 4.99 Å². The summed E-state index contributed by atoms with van der Waals surface area (Å²) in [4.78, 5) is 17.5. The number of benzene rings is 2. The van der Waals surface area contributed by atoms with Gasteiger partial charge in [0.25, 0.3) is 5.91 Å². The van der Waals surface area contributed by atoms with Crippen LogP contribution in [-0.4, -0.2) is 25.0 Å². The number of hydrogen-bond acceptors (Lipinski definition) is 5. The van der Waals surface area contributed by atoms with Gasteiger partial charge in [0, 0.05) is 12.1 Å². The van der Waals surface area contributed by atoms with E-state index in [1.807, 2.05) is 25.3 Å². The number of amides is 1. The van der Waals surface area contributed by atoms with Crippen molar-refractivity contribution < 1.29 is 17.9 Å². The van der Waals surface area contributed by atoms with Crippen LogP contribution in [0.5, 0.6) is 5.75 Å². The molecule has 3 aromatic rings. The highest BCUT2D eigenvalue weighted by molar-refractivity contribution is 7.89. The minimum Gasteiger partial charge on any atom is -0.491 e. The van der Waals surface area contributed by atoms with Gasteiger partial charge in [-0.3, -0.25) is 4.79 Å². The lowest BCUT2D eigenvalue weighted by Gasteiger charge is -2.09. The van der Waals surface area contributed by atoms with Crippen molar-refractivity contribution in [2.24, 2.45) is 10.1 Å². The van der Waals surface area contributed by atoms with Crippen LogP contribution in [0.4, 0.5) is 0 Å². The smallest absolute Gasteiger partial charge is 0.279 e. The van der Waals surface area contributed by atoms with Gasteiger partial charge in [0.1, 0.15) is 5.75 Å². The lowest BCUT2D eigenvalue weighted by Crippen LogP contribution is -2.17. The molecule has 0 aliphatic rings. The van der Waals surface area contributed by atoms with Gasteiger partial charge in [0.2, 0.25) is 10.0 Å². The van der Waals surface area contributed by atoms with Gasteiger partial charge in [0.15, 0.2) is 4.80 Å². The average Bonchev–Trinajstić information content (AvgIpc) is 2.98. The second-order valence-electron chi connectivity index (χ2n) is 6.82. The minimum absolute atomic E-state index is 0.0357. The van der Waals surface area contributed by atoms with Crippen molar-refractivity contribution in [1.29, 1.82) is 0 Å². The molecule has 29 heavy (non-hydrogen) atoms. The van der Waals surface area contributed by atoms with Crippen LogP contribution in [-0.2, 0) is 16.6 Å². The first-order valence-electron chi connectivity index (χ1n) is 9.21. The van der Waals surface area contributed by atoms with Crippen LogP contribution >= 0.6 is 11.3 Å². The van der Waals surface area contributed by atoms with Crippen molar-refractivity contribution in [1.82, 2.24) is 4.57 Å². The Morgan fingerprint density at radius 2 is 1.90 bits per heavy atom. The standard InChI is InChI=1S/C20H23N3O4S2/c1-4-11-23-17-10-9-16(29(21,25)26)12-18(17)28-20(23)22-19(24)14-5-7-15(8-6-14)27-13(2)3/h5-10,12-13H,4,11H2,1-3H3,(H2,21,25,26). The first-order valence-corrected chi connectivity index (χ1v) is 11.6. The minimum atomic E-state index is -3.80. The summed E-state index contributed by atoms with van der Waals surface area (Å²) in [5.74, 6) is 0.319. The van der Waals surface area contributed by atoms with Crippen LogP contribution in [0.15, 0.2) is 52.4 Å². The summed E-state index contributed by atoms with van der Waals surface area (Å²) >= 11 is 1.26. The van der Waals surface area contributed by atoms with Crippen LogP contribution in [0, 0.1) is 0 Å². The van der Waals surface area contributed by atoms with Crippen molar-refractivity contribution in [3.63, 3.8) is 0 Å². The third-order valence-corrected chi connectivity index (χ3v) is 6.05. The van der Waals surface area contributed by atoms with Gasteiger partial charge in [0.05, 0.1) is 21.2 Å². The van der Waals surface area contributed by atoms with Gasteiger partial charge in [-0.05, 0) is 62.7 Å². The van der Waals surface area contributed by atoms with E-state index in [-0.39, 0.29) is 16.9 Å². The Hall–Kier alpha value is -2.49. The molecule has 0 saturated carbocycles. The van der Waals surface area contributed by atoms with Gasteiger partial charge in [-0.25, -0.2) is 13.6 Å². The van der Waals surface area contributed by atoms with E-state index in [1.165, 1.54) is 23.5 Å². The third kappa shape index (κ3) is 4.92. The van der Waals surface area contributed by atoms with Crippen molar-refractivity contribution in [2.75, 3.05) is 0 Å². The molecular formula is C20H23N3O4S2. The monoisotopic (exact) mass is 433 g/mol. The molecule has 3 rings (SSSR count). The number of nitrogens with two attached hydrogens (primary N) is 1. The van der Waals surface area contributed by atoms with E-state index in [1.54, 1.807) is 30.3 Å². The number of fused-ring (bicyclic) bond motifs is 1. The number of hydrogen-bond donors (Lipinski definition) is 1. The molecule has 1 aromatic heterocycles. The predicted molar refractivity (Wildman–Crippen MR) is 114 cm³/mol. The lowest BCUT2D eigenvalue weighted by molar-refractivity contribution is 0.0997. The van der Waals surface area contributed by atoms with E-state index < -0.39 is 10.0 Å². The van der Waals surface area contributed by atoms with E-state index in [4.69, 9.17) is 9.88 Å². The summed E-state index contributed by atoms with van der Waals surface area (Å²) in [5.41, 5.74) is 1.27. The zero-order valence-corrected chi connectivity index (χ0v) is 18.1. The maximum Gasteiger partial charge on any atom is 0.279 e. The van der Waals surface area contributed by atoms with Crippen LogP contribution in [0.25, 0.3) is 10.2 Å². The number of thiazole rings is 1. The summed E-state index contributed by atoms with van der Waals surface area (Å²) < 4.78 is 31.5. The molecule has 154 valence electrons. The molecule has 7 nitrogen and oxygen atoms in total. The molecule has 2 N–H and O–H groups in total. The molecule has 0 atom stereocenters. The predicted octanol–water partition coefficient (Wildman–Crippen LogP) is 3.29. The van der Waals surface area contributed by atoms with E-state index >= 15 is 0 Å². The first-order chi connectivity index (χ1) is 13.7. The number of rotatable bonds is 6. The zero-order valence-electron chi connectivity index (χ0n) is 16.5. The summed E-state index contributed by atoms with van der Waals surface area (Å²) in [6, 6.07) is 11.5. The zero-order chi connectivity index (χ0) is 21.2. The fourth-order valence-corrected chi connectivity index (χ4v) is 4.56. The summed E-state index contributed by atoms with van der Waals surface area (Å²) in [7, 11) is -3.80. The largest absolute Gasteiger partial charge is 0.491 e. The molecule has 0 spiro atoms. The van der Waals surface area contributed by atoms with Crippen molar-refractivity contribution in [3.05, 3.63) is 52.8 Å². The molecule has 1 amide bonds. The van der Waals surface area contributed by atoms with E-state index in [9.17, 15) is 13.2 Å². The number of carbonyl (C=O) groups is 1. The van der Waals surface area contributed by atoms with Gasteiger partial charge in [-0.15, -0.1) is 0 Å². The first kappa shape index (κ1) is 21.2. The highest BCUT2D eigenvalue weighted by Gasteiger charge is 2.13. The van der Waals surface area contributed by atoms with Gasteiger partial charge < -0.3 is 9.30 Å². The molecule has 0 unspecified atom stereocenters. The molecule has 0 bridgehead atoms. The normalized spacial score (nSPS) is 12.7. The SMILES string of the molecule is CCCn1c(=NC(=O)c2ccc(OC(C)C)cc2)sc2cc(S(N)(=O)=O)ccc21. The summed E-state index contributed by atoms with van der Waals surface area (Å²) in [6.07, 6.45) is 0.890. The Balaban J connectivity index is 2.03. The average molecular weight is 434 g/mol. The van der Waals surface area contributed by atoms with Crippen LogP contribution in [0.3, 0.4) is 0 Å². The van der Waals surface area contributed by atoms with Crippen molar-refractivity contribution in [3.8, 4) is 5.75 Å². The number of nitrogens with zero attached hydrogens (tertiary/aromatic N) is 2. The molecule has 2 aromatic carbocycles. The fraction of sp³-hybridized carbons (Fsp3) is 0.300. The Morgan fingerprint density at radius 3 is 2.48 bits per heavy atom. The van der Waals surface area contributed by atoms with Crippen LogP contribution in [0.1, 0.15) is 37.6 Å². The summed E-state index contributed by atoms with van der Waals surface area (Å²) in [6.45, 7) is 6.55. The molecule has 0 aliphatic heterocycles. The number of aromatic nitrogens is 1. The van der Waals surface area contributed by atoms with E-state index in [0.717, 1.165) is 11.9 Å². The number of sulfonamides is 1. The number of carbonyl (C=O) groups excluding carboxylic acids is 1. The number of ether oxygens (including phenoxy) is 1. The van der Waals surface area contributed by atoms with Crippen molar-refractivity contribution >= 4 is 37.5 Å². The molecule has 0 saturated heterocycles. The van der Waals surface area contributed by atoms with Crippen molar-refractivity contribution in [2.45, 2.75) is 44.7 Å². The number of aryl methyl sites for hydroxylation is 1. The summed E-state index contributed by atoms with van der Waals surface area (Å²) in [5, 5.41) is 5.23. The molecule has 0 aliphatic carbocycles. The van der Waals surface area contributed by atoms with Gasteiger partial charge in [-0.2, -0.15) is 4.99 Å². The Bertz CT molecular complexity index is 1210. The lowest BCUT2D eigenvalue weighted by atomic mass is 10.2. The van der Waals surface area contributed by atoms with Crippen LogP contribution < -0.4 is 14.7 Å². The molecule has 0 fully saturated rings. The Labute approximate surface area is 173 Å². The highest BCUT2D eigenvalue weighted by atomic mass is 32.2. The second kappa shape index (κ2) is 8.48. The fourth-order valence-electron chi connectivity index (χ4n) is 2.86. The Morgan fingerprint density at radius 1 is 1.21 bits per heavy atom. The number of primary sulfonamides is 1. The van der Waals surface area contributed by atoms with Gasteiger partial charge in [-0.1, -0.05) is 18.3 Å². The topological polar surface area (TPSA) is 104 Å². The highest BCUT2D eigenvalue weighted by Crippen LogP contribution is 2.22. The van der Waals surface area contributed by atoms with Gasteiger partial charge >= 0.3 is 0 Å². The molecule has 9 heteroatoms. The van der Waals surface area contributed by atoms with Crippen LogP contribution in [0.2, 0.25) is 0 Å². The second-order valence-corrected chi connectivity index (χ2v) is 9.39. The van der Waals surface area contributed by atoms with E-state index in [0.29, 0.717) is 27.4 Å². The molecule has 1 heterocycles. The third-order valence-electron chi connectivity index (χ3n) is 4.10. The Kier molecular flexibility index (Phi) is 6.21. The quantitative estimate of drug-likeness (QED) is 0.644. The maximum absolute atomic E-state index is 12.7. The maximum atomic E-state index is 12.7. The molecule has 0 radical (unpaired) electrons.